The molecule has 1 aromatic rings. The van der Waals surface area contributed by atoms with Crippen LogP contribution in [0.5, 0.6) is 0 Å². The Balaban J connectivity index is 2.77. The maximum absolute atomic E-state index is 12.6. The molecule has 0 radical (unpaired) electrons. The summed E-state index contributed by atoms with van der Waals surface area (Å²) >= 11 is 0. The van der Waals surface area contributed by atoms with Crippen molar-refractivity contribution in [3.63, 3.8) is 0 Å². The third-order valence-electron chi connectivity index (χ3n) is 4.25. The average Bonchev–Trinajstić information content (AvgIpc) is 2.52. The Kier molecular flexibility index (Phi) is 9.01. The van der Waals surface area contributed by atoms with Crippen molar-refractivity contribution in [2.45, 2.75) is 65.0 Å². The molecule has 0 aromatic heterocycles. The van der Waals surface area contributed by atoms with E-state index in [1.807, 2.05) is 30.3 Å². The number of hydrogen-bond donors (Lipinski definition) is 3. The number of nitrogens with two attached hydrogens (primary N) is 1. The molecule has 1 aromatic carbocycles. The summed E-state index contributed by atoms with van der Waals surface area (Å²) in [7, 11) is 0. The van der Waals surface area contributed by atoms with Gasteiger partial charge in [0.25, 0.3) is 0 Å². The molecule has 1 amide bonds. The lowest BCUT2D eigenvalue weighted by molar-refractivity contribution is -0.123. The second-order valence-electron chi connectivity index (χ2n) is 7.53. The van der Waals surface area contributed by atoms with E-state index in [4.69, 9.17) is 5.73 Å². The van der Waals surface area contributed by atoms with Gasteiger partial charge in [0.2, 0.25) is 5.91 Å². The molecule has 136 valence electrons. The normalized spacial score (nSPS) is 15.3. The van der Waals surface area contributed by atoms with Crippen LogP contribution < -0.4 is 11.1 Å². The predicted molar refractivity (Wildman–Crippen MR) is 99.7 cm³/mol. The van der Waals surface area contributed by atoms with E-state index in [0.717, 1.165) is 18.4 Å². The van der Waals surface area contributed by atoms with Crippen LogP contribution in [0.3, 0.4) is 0 Å². The highest BCUT2D eigenvalue weighted by atomic mass is 16.3. The second-order valence-corrected chi connectivity index (χ2v) is 7.53. The number of nitrogens with one attached hydrogen (secondary N) is 1. The Morgan fingerprint density at radius 3 is 2.25 bits per heavy atom. The molecule has 0 saturated carbocycles. The number of carbonyl (C=O) groups is 1. The highest BCUT2D eigenvalue weighted by Crippen LogP contribution is 2.24. The molecule has 1 rings (SSSR count). The summed E-state index contributed by atoms with van der Waals surface area (Å²) in [5.74, 6) is 0.569. The zero-order valence-corrected chi connectivity index (χ0v) is 15.5. The minimum atomic E-state index is -0.687. The quantitative estimate of drug-likeness (QED) is 0.615. The molecular formula is C20H34N2O2. The largest absolute Gasteiger partial charge is 0.391 e. The van der Waals surface area contributed by atoms with Crippen LogP contribution in [0.15, 0.2) is 30.3 Å². The van der Waals surface area contributed by atoms with Crippen molar-refractivity contribution in [1.29, 1.82) is 0 Å². The van der Waals surface area contributed by atoms with Crippen molar-refractivity contribution in [3.05, 3.63) is 35.9 Å². The van der Waals surface area contributed by atoms with Gasteiger partial charge in [-0.25, -0.2) is 0 Å². The van der Waals surface area contributed by atoms with E-state index in [0.29, 0.717) is 24.8 Å². The summed E-state index contributed by atoms with van der Waals surface area (Å²) in [6, 6.07) is 9.34. The van der Waals surface area contributed by atoms with Gasteiger partial charge in [0.05, 0.1) is 12.0 Å². The second kappa shape index (κ2) is 10.5. The zero-order valence-electron chi connectivity index (χ0n) is 15.5. The molecule has 24 heavy (non-hydrogen) atoms. The summed E-state index contributed by atoms with van der Waals surface area (Å²) in [5, 5.41) is 13.5. The molecule has 0 aliphatic carbocycles. The fourth-order valence-electron chi connectivity index (χ4n) is 2.80. The number of rotatable bonds is 10. The maximum atomic E-state index is 12.6. The molecule has 0 bridgehead atoms. The van der Waals surface area contributed by atoms with E-state index in [1.165, 1.54) is 0 Å². The number of hydrogen-bond acceptors (Lipinski definition) is 3. The minimum absolute atomic E-state index is 0.0300. The molecule has 4 N–H and O–H groups in total. The van der Waals surface area contributed by atoms with Crippen LogP contribution in [0.1, 0.15) is 58.4 Å². The summed E-state index contributed by atoms with van der Waals surface area (Å²) < 4.78 is 0. The van der Waals surface area contributed by atoms with Crippen LogP contribution in [0, 0.1) is 11.8 Å². The molecule has 0 aliphatic rings. The van der Waals surface area contributed by atoms with Gasteiger partial charge in [0.1, 0.15) is 0 Å². The molecule has 0 saturated heterocycles. The van der Waals surface area contributed by atoms with Gasteiger partial charge in [-0.3, -0.25) is 4.79 Å². The van der Waals surface area contributed by atoms with Crippen molar-refractivity contribution < 1.29 is 9.90 Å². The molecule has 3 unspecified atom stereocenters. The topological polar surface area (TPSA) is 75.3 Å². The van der Waals surface area contributed by atoms with Crippen molar-refractivity contribution in [2.24, 2.45) is 17.6 Å². The summed E-state index contributed by atoms with van der Waals surface area (Å²) in [6.07, 6.45) is 1.36. The van der Waals surface area contributed by atoms with Gasteiger partial charge in [-0.2, -0.15) is 0 Å². The molecule has 0 aliphatic heterocycles. The van der Waals surface area contributed by atoms with E-state index < -0.39 is 6.10 Å². The molecule has 3 atom stereocenters. The molecule has 0 spiro atoms. The zero-order chi connectivity index (χ0) is 18.1. The summed E-state index contributed by atoms with van der Waals surface area (Å²) in [5.41, 5.74) is 7.03. The third kappa shape index (κ3) is 7.45. The number of benzene rings is 1. The Morgan fingerprint density at radius 1 is 1.08 bits per heavy atom. The smallest absolute Gasteiger partial charge is 0.227 e. The first kappa shape index (κ1) is 20.7. The van der Waals surface area contributed by atoms with Crippen LogP contribution in [0.2, 0.25) is 0 Å². The summed E-state index contributed by atoms with van der Waals surface area (Å²) in [4.78, 5) is 12.6. The first-order valence-corrected chi connectivity index (χ1v) is 9.07. The number of aliphatic hydroxyl groups is 1. The van der Waals surface area contributed by atoms with Gasteiger partial charge < -0.3 is 16.2 Å². The molecule has 0 fully saturated rings. The van der Waals surface area contributed by atoms with Crippen LogP contribution >= 0.6 is 0 Å². The molecule has 4 heteroatoms. The van der Waals surface area contributed by atoms with E-state index in [-0.39, 0.29) is 17.9 Å². The van der Waals surface area contributed by atoms with Gasteiger partial charge in [0, 0.05) is 12.6 Å². The van der Waals surface area contributed by atoms with E-state index in [2.05, 4.69) is 33.0 Å². The maximum Gasteiger partial charge on any atom is 0.227 e. The third-order valence-corrected chi connectivity index (χ3v) is 4.25. The molecule has 4 nitrogen and oxygen atoms in total. The highest BCUT2D eigenvalue weighted by molar-refractivity contribution is 5.83. The first-order chi connectivity index (χ1) is 11.3. The van der Waals surface area contributed by atoms with Crippen molar-refractivity contribution in [3.8, 4) is 0 Å². The SMILES string of the molecule is CC(C)CCNC(=O)C(CC(O)C(N)CC(C)C)c1ccccc1. The highest BCUT2D eigenvalue weighted by Gasteiger charge is 2.26. The van der Waals surface area contributed by atoms with Crippen molar-refractivity contribution >= 4 is 5.91 Å². The number of carbonyl (C=O) groups excluding carboxylic acids is 1. The van der Waals surface area contributed by atoms with Crippen LogP contribution in [0.4, 0.5) is 0 Å². The van der Waals surface area contributed by atoms with Gasteiger partial charge in [-0.1, -0.05) is 58.0 Å². The van der Waals surface area contributed by atoms with Gasteiger partial charge >= 0.3 is 0 Å². The summed E-state index contributed by atoms with van der Waals surface area (Å²) in [6.45, 7) is 9.10. The fourth-order valence-corrected chi connectivity index (χ4v) is 2.80. The number of amides is 1. The lowest BCUT2D eigenvalue weighted by Gasteiger charge is -2.25. The van der Waals surface area contributed by atoms with Crippen molar-refractivity contribution in [1.82, 2.24) is 5.32 Å². The van der Waals surface area contributed by atoms with E-state index in [1.54, 1.807) is 0 Å². The Hall–Kier alpha value is -1.39. The minimum Gasteiger partial charge on any atom is -0.391 e. The lowest BCUT2D eigenvalue weighted by Crippen LogP contribution is -2.40. The Labute approximate surface area is 146 Å². The standard InChI is InChI=1S/C20H34N2O2/c1-14(2)10-11-22-20(24)17(16-8-6-5-7-9-16)13-19(23)18(21)12-15(3)4/h5-9,14-15,17-19,23H,10-13,21H2,1-4H3,(H,22,24). The van der Waals surface area contributed by atoms with Gasteiger partial charge in [-0.05, 0) is 36.7 Å². The van der Waals surface area contributed by atoms with E-state index in [9.17, 15) is 9.90 Å². The van der Waals surface area contributed by atoms with Crippen LogP contribution in [-0.4, -0.2) is 29.7 Å². The number of aliphatic hydroxyl groups excluding tert-OH is 1. The van der Waals surface area contributed by atoms with Gasteiger partial charge in [-0.15, -0.1) is 0 Å². The Bertz CT molecular complexity index is 474. The Morgan fingerprint density at radius 2 is 1.71 bits per heavy atom. The van der Waals surface area contributed by atoms with E-state index >= 15 is 0 Å². The molecule has 0 heterocycles. The van der Waals surface area contributed by atoms with Crippen LogP contribution in [0.25, 0.3) is 0 Å². The van der Waals surface area contributed by atoms with Gasteiger partial charge in [0.15, 0.2) is 0 Å². The van der Waals surface area contributed by atoms with Crippen LogP contribution in [-0.2, 0) is 4.79 Å². The monoisotopic (exact) mass is 334 g/mol. The predicted octanol–water partition coefficient (Wildman–Crippen LogP) is 3.06. The first-order valence-electron chi connectivity index (χ1n) is 9.07. The average molecular weight is 335 g/mol. The fraction of sp³-hybridized carbons (Fsp3) is 0.650. The van der Waals surface area contributed by atoms with Crippen molar-refractivity contribution in [2.75, 3.05) is 6.54 Å². The molecular weight excluding hydrogens is 300 g/mol. The lowest BCUT2D eigenvalue weighted by atomic mass is 9.88.